The monoisotopic (exact) mass is 227 g/mol. The first-order valence-corrected chi connectivity index (χ1v) is 4.43. The van der Waals surface area contributed by atoms with Crippen LogP contribution in [0.25, 0.3) is 0 Å². The fourth-order valence-electron chi connectivity index (χ4n) is 1.39. The van der Waals surface area contributed by atoms with Gasteiger partial charge in [0.2, 0.25) is 12.2 Å². The minimum Gasteiger partial charge on any atom is -0.439 e. The smallest absolute Gasteiger partial charge is 0.295 e. The Hall–Kier alpha value is -2.09. The van der Waals surface area contributed by atoms with E-state index in [0.717, 1.165) is 4.90 Å². The van der Waals surface area contributed by atoms with E-state index in [0.29, 0.717) is 11.1 Å². The number of guanidine groups is 1. The summed E-state index contributed by atoms with van der Waals surface area (Å²) < 4.78 is 4.77. The van der Waals surface area contributed by atoms with E-state index >= 15 is 0 Å². The first kappa shape index (κ1) is 12.0. The van der Waals surface area contributed by atoms with Gasteiger partial charge in [0.15, 0.2) is 0 Å². The minimum absolute atomic E-state index is 0.171. The summed E-state index contributed by atoms with van der Waals surface area (Å²) in [6, 6.07) is 0. The van der Waals surface area contributed by atoms with Gasteiger partial charge in [-0.3, -0.25) is 9.59 Å². The maximum atomic E-state index is 11.8. The predicted molar refractivity (Wildman–Crippen MR) is 55.1 cm³/mol. The molecule has 0 saturated heterocycles. The van der Waals surface area contributed by atoms with E-state index in [1.54, 1.807) is 13.8 Å². The van der Waals surface area contributed by atoms with Gasteiger partial charge >= 0.3 is 0 Å². The van der Waals surface area contributed by atoms with Crippen LogP contribution in [-0.2, 0) is 14.3 Å². The Morgan fingerprint density at radius 3 is 2.75 bits per heavy atom. The molecule has 1 atom stereocenters. The molecule has 1 aliphatic heterocycles. The van der Waals surface area contributed by atoms with Gasteiger partial charge in [-0.25, -0.2) is 16.3 Å². The molecule has 1 unspecified atom stereocenters. The lowest BCUT2D eigenvalue weighted by molar-refractivity contribution is -0.140. The van der Waals surface area contributed by atoms with E-state index in [1.165, 1.54) is 0 Å². The van der Waals surface area contributed by atoms with Crippen molar-refractivity contribution in [3.05, 3.63) is 11.1 Å². The number of carbonyl (C=O) groups excluding carboxylic acids is 2. The summed E-state index contributed by atoms with van der Waals surface area (Å²) in [6.45, 7) is 3.53. The average molecular weight is 227 g/mol. The molecule has 0 bridgehead atoms. The summed E-state index contributed by atoms with van der Waals surface area (Å²) >= 11 is 0. The van der Waals surface area contributed by atoms with Crippen LogP contribution in [0.4, 0.5) is 0 Å². The van der Waals surface area contributed by atoms with Gasteiger partial charge < -0.3 is 10.5 Å². The van der Waals surface area contributed by atoms with Gasteiger partial charge in [-0.2, -0.15) is 0 Å². The van der Waals surface area contributed by atoms with Crippen molar-refractivity contribution >= 4 is 18.3 Å². The zero-order valence-electron chi connectivity index (χ0n) is 8.93. The summed E-state index contributed by atoms with van der Waals surface area (Å²) in [7, 11) is 0. The molecule has 0 saturated carbocycles. The van der Waals surface area contributed by atoms with Crippen molar-refractivity contribution in [2.75, 3.05) is 0 Å². The zero-order chi connectivity index (χ0) is 12.3. The molecule has 5 N–H and O–H groups in total. The Kier molecular flexibility index (Phi) is 3.46. The number of hydrogen-bond donors (Lipinski definition) is 3. The van der Waals surface area contributed by atoms with Gasteiger partial charge in [0.25, 0.3) is 12.4 Å². The van der Waals surface area contributed by atoms with E-state index in [9.17, 15) is 9.59 Å². The van der Waals surface area contributed by atoms with E-state index < -0.39 is 6.23 Å². The molecule has 16 heavy (non-hydrogen) atoms. The molecular formula is C8H13N5O3. The van der Waals surface area contributed by atoms with Crippen LogP contribution in [0.5, 0.6) is 0 Å². The Morgan fingerprint density at radius 2 is 2.25 bits per heavy atom. The highest BCUT2D eigenvalue weighted by atomic mass is 16.5. The average Bonchev–Trinajstić information content (AvgIpc) is 2.45. The molecule has 0 spiro atoms. The molecular weight excluding hydrogens is 214 g/mol. The molecule has 1 heterocycles. The topological polar surface area (TPSA) is 123 Å². The van der Waals surface area contributed by atoms with Gasteiger partial charge in [0.1, 0.15) is 0 Å². The van der Waals surface area contributed by atoms with Crippen molar-refractivity contribution in [2.45, 2.75) is 20.1 Å². The number of amides is 1. The van der Waals surface area contributed by atoms with Gasteiger partial charge in [0.05, 0.1) is 0 Å². The zero-order valence-corrected chi connectivity index (χ0v) is 8.93. The number of hydrazine groups is 1. The second kappa shape index (κ2) is 4.62. The highest BCUT2D eigenvalue weighted by Crippen LogP contribution is 2.25. The van der Waals surface area contributed by atoms with Crippen molar-refractivity contribution in [3.8, 4) is 0 Å². The Labute approximate surface area is 91.9 Å². The van der Waals surface area contributed by atoms with Crippen LogP contribution in [0, 0.1) is 0 Å². The van der Waals surface area contributed by atoms with Gasteiger partial charge in [0, 0.05) is 5.57 Å². The largest absolute Gasteiger partial charge is 0.439 e. The first-order valence-electron chi connectivity index (χ1n) is 4.43. The molecule has 0 aromatic rings. The third-order valence-electron chi connectivity index (χ3n) is 2.35. The molecule has 1 aliphatic rings. The summed E-state index contributed by atoms with van der Waals surface area (Å²) in [6.07, 6.45) is -0.859. The van der Waals surface area contributed by atoms with Crippen LogP contribution in [0.3, 0.4) is 0 Å². The van der Waals surface area contributed by atoms with Crippen LogP contribution >= 0.6 is 0 Å². The lowest BCUT2D eigenvalue weighted by atomic mass is 10.2. The number of ether oxygens (including phenoxy) is 1. The van der Waals surface area contributed by atoms with Gasteiger partial charge in [-0.1, -0.05) is 0 Å². The molecule has 8 nitrogen and oxygen atoms in total. The lowest BCUT2D eigenvalue weighted by Gasteiger charge is -2.22. The van der Waals surface area contributed by atoms with E-state index in [1.807, 2.05) is 5.53 Å². The predicted octanol–water partition coefficient (Wildman–Crippen LogP) is -1.64. The summed E-state index contributed by atoms with van der Waals surface area (Å²) in [5.41, 5.74) is 8.54. The second-order valence-corrected chi connectivity index (χ2v) is 3.17. The normalized spacial score (nSPS) is 21.4. The Morgan fingerprint density at radius 1 is 1.62 bits per heavy atom. The summed E-state index contributed by atoms with van der Waals surface area (Å²) in [5.74, 6) is 4.41. The second-order valence-electron chi connectivity index (χ2n) is 3.17. The fourth-order valence-corrected chi connectivity index (χ4v) is 1.39. The van der Waals surface area contributed by atoms with Crippen molar-refractivity contribution in [3.63, 3.8) is 0 Å². The number of nitrogens with zero attached hydrogens (tertiary/aromatic N) is 2. The quantitative estimate of drug-likeness (QED) is 0.175. The molecule has 1 rings (SSSR count). The maximum Gasteiger partial charge on any atom is 0.295 e. The number of carbonyl (C=O) groups is 2. The third kappa shape index (κ3) is 1.82. The number of hydrazone groups is 1. The van der Waals surface area contributed by atoms with E-state index in [2.05, 4.69) is 5.10 Å². The number of nitrogens with one attached hydrogen (secondary N) is 1. The van der Waals surface area contributed by atoms with Crippen LogP contribution in [0.15, 0.2) is 16.2 Å². The van der Waals surface area contributed by atoms with Crippen molar-refractivity contribution < 1.29 is 14.3 Å². The molecule has 8 heteroatoms. The van der Waals surface area contributed by atoms with Crippen molar-refractivity contribution in [2.24, 2.45) is 16.7 Å². The van der Waals surface area contributed by atoms with Crippen LogP contribution in [0.1, 0.15) is 13.8 Å². The molecule has 0 radical (unpaired) electrons. The first-order chi connectivity index (χ1) is 7.54. The molecule has 0 aromatic carbocycles. The van der Waals surface area contributed by atoms with Gasteiger partial charge in [-0.15, -0.1) is 5.10 Å². The molecule has 0 aromatic heterocycles. The van der Waals surface area contributed by atoms with Crippen LogP contribution in [0.2, 0.25) is 0 Å². The Bertz CT molecular complexity index is 376. The van der Waals surface area contributed by atoms with E-state index in [4.69, 9.17) is 16.3 Å². The van der Waals surface area contributed by atoms with E-state index in [-0.39, 0.29) is 18.3 Å². The highest BCUT2D eigenvalue weighted by Gasteiger charge is 2.38. The Balaban J connectivity index is 3.05. The lowest BCUT2D eigenvalue weighted by Crippen LogP contribution is -2.47. The summed E-state index contributed by atoms with van der Waals surface area (Å²) in [5, 5.41) is 3.46. The molecule has 88 valence electrons. The summed E-state index contributed by atoms with van der Waals surface area (Å²) in [4.78, 5) is 23.1. The standard InChI is InChI=1S/C8H13N5O3/c1-4-5(2)7(16-3-14)13(6(4)15)8(9)11-12-10/h3,7,12H,10H2,1-2H3,(H2,9,11). The number of rotatable bonds is 3. The molecule has 0 fully saturated rings. The fraction of sp³-hybridized carbons (Fsp3) is 0.375. The maximum absolute atomic E-state index is 11.8. The van der Waals surface area contributed by atoms with Crippen LogP contribution in [-0.4, -0.2) is 29.5 Å². The SMILES string of the molecule is CC1=C(C)C(OC=O)N(/C(N)=N/NN)C1=O. The molecule has 0 aliphatic carbocycles. The van der Waals surface area contributed by atoms with Gasteiger partial charge in [-0.05, 0) is 19.4 Å². The van der Waals surface area contributed by atoms with Crippen molar-refractivity contribution in [1.82, 2.24) is 10.4 Å². The van der Waals surface area contributed by atoms with Crippen LogP contribution < -0.4 is 17.1 Å². The minimum atomic E-state index is -0.859. The highest BCUT2D eigenvalue weighted by molar-refractivity contribution is 6.07. The molecule has 1 amide bonds. The van der Waals surface area contributed by atoms with Crippen molar-refractivity contribution in [1.29, 1.82) is 0 Å². The third-order valence-corrected chi connectivity index (χ3v) is 2.35. The number of hydrogen-bond acceptors (Lipinski definition) is 6. The number of nitrogens with two attached hydrogens (primary N) is 2.